The fraction of sp³-hybridized carbons (Fsp3) is 0.393. The number of hydrogen-bond acceptors (Lipinski definition) is 5. The van der Waals surface area contributed by atoms with E-state index in [-0.39, 0.29) is 17.7 Å². The zero-order valence-corrected chi connectivity index (χ0v) is 21.0. The Morgan fingerprint density at radius 1 is 1.14 bits per heavy atom. The average molecular weight is 493 g/mol. The Morgan fingerprint density at radius 2 is 1.83 bits per heavy atom. The van der Waals surface area contributed by atoms with Crippen LogP contribution < -0.4 is 10.2 Å². The van der Waals surface area contributed by atoms with E-state index >= 15 is 4.39 Å². The Hall–Kier alpha value is -3.68. The topological polar surface area (TPSA) is 78.7 Å². The summed E-state index contributed by atoms with van der Waals surface area (Å²) >= 11 is 0. The molecular formula is C28H33FN4O3. The van der Waals surface area contributed by atoms with Gasteiger partial charge in [-0.2, -0.15) is 0 Å². The van der Waals surface area contributed by atoms with Crippen LogP contribution in [0.15, 0.2) is 59.3 Å². The first-order valence-corrected chi connectivity index (χ1v) is 12.5. The molecule has 1 aliphatic heterocycles. The largest absolute Gasteiger partial charge is 0.369 e. The second kappa shape index (κ2) is 11.4. The summed E-state index contributed by atoms with van der Waals surface area (Å²) in [6, 6.07) is 14.7. The van der Waals surface area contributed by atoms with E-state index in [4.69, 9.17) is 4.52 Å². The lowest BCUT2D eigenvalue weighted by molar-refractivity contribution is -0.134. The second-order valence-electron chi connectivity index (χ2n) is 9.14. The summed E-state index contributed by atoms with van der Waals surface area (Å²) in [4.78, 5) is 29.8. The van der Waals surface area contributed by atoms with Crippen LogP contribution >= 0.6 is 0 Å². The van der Waals surface area contributed by atoms with Gasteiger partial charge in [0.05, 0.1) is 17.8 Å². The molecule has 1 aliphatic rings. The highest BCUT2D eigenvalue weighted by Gasteiger charge is 2.35. The van der Waals surface area contributed by atoms with Crippen LogP contribution in [0.4, 0.5) is 15.8 Å². The Morgan fingerprint density at radius 3 is 2.42 bits per heavy atom. The molecule has 36 heavy (non-hydrogen) atoms. The van der Waals surface area contributed by atoms with Crippen LogP contribution in [0.25, 0.3) is 0 Å². The molecule has 0 bridgehead atoms. The third-order valence-corrected chi connectivity index (χ3v) is 7.05. The number of aryl methyl sites for hydroxylation is 1. The van der Waals surface area contributed by atoms with Gasteiger partial charge in [0.15, 0.2) is 0 Å². The van der Waals surface area contributed by atoms with Crippen LogP contribution in [-0.4, -0.2) is 48.0 Å². The van der Waals surface area contributed by atoms with Crippen molar-refractivity contribution in [1.82, 2.24) is 10.1 Å². The zero-order chi connectivity index (χ0) is 25.7. The Bertz CT molecular complexity index is 1180. The molecule has 1 atom stereocenters. The number of anilines is 2. The number of nitrogens with zero attached hydrogens (tertiary/aromatic N) is 3. The summed E-state index contributed by atoms with van der Waals surface area (Å²) < 4.78 is 20.0. The smallest absolute Gasteiger partial charge is 0.260 e. The van der Waals surface area contributed by atoms with E-state index in [0.29, 0.717) is 48.9 Å². The van der Waals surface area contributed by atoms with Crippen LogP contribution in [0.1, 0.15) is 54.3 Å². The quantitative estimate of drug-likeness (QED) is 0.465. The molecule has 2 aromatic carbocycles. The molecule has 3 aromatic rings. The number of rotatable bonds is 8. The third kappa shape index (κ3) is 5.42. The summed E-state index contributed by atoms with van der Waals surface area (Å²) in [5.74, 6) is -0.236. The first-order chi connectivity index (χ1) is 17.4. The van der Waals surface area contributed by atoms with Crippen molar-refractivity contribution in [1.29, 1.82) is 0 Å². The number of piperidine rings is 1. The van der Waals surface area contributed by atoms with Crippen LogP contribution in [0, 0.1) is 18.7 Å². The van der Waals surface area contributed by atoms with Gasteiger partial charge >= 0.3 is 0 Å². The van der Waals surface area contributed by atoms with Crippen molar-refractivity contribution in [3.05, 3.63) is 77.4 Å². The van der Waals surface area contributed by atoms with Gasteiger partial charge in [-0.15, -0.1) is 0 Å². The van der Waals surface area contributed by atoms with Gasteiger partial charge < -0.3 is 19.6 Å². The molecule has 7 nitrogen and oxygen atoms in total. The van der Waals surface area contributed by atoms with E-state index < -0.39 is 11.7 Å². The van der Waals surface area contributed by atoms with Crippen molar-refractivity contribution < 1.29 is 18.5 Å². The number of carbonyl (C=O) groups excluding carboxylic acids is 2. The molecule has 1 aromatic heterocycles. The van der Waals surface area contributed by atoms with E-state index in [9.17, 15) is 9.59 Å². The minimum absolute atomic E-state index is 0.166. The summed E-state index contributed by atoms with van der Waals surface area (Å²) in [7, 11) is 0. The SMILES string of the molecule is CCN(CC)C(=O)C(c1ccccc1)C1CCN(c2ccc(NC(=O)c3cnoc3C)cc2F)CC1. The minimum Gasteiger partial charge on any atom is -0.369 e. The predicted molar refractivity (Wildman–Crippen MR) is 138 cm³/mol. The minimum atomic E-state index is -0.397. The van der Waals surface area contributed by atoms with E-state index in [0.717, 1.165) is 18.4 Å². The number of hydrogen-bond donors (Lipinski definition) is 1. The molecule has 8 heteroatoms. The molecule has 2 heterocycles. The fourth-order valence-corrected chi connectivity index (χ4v) is 5.04. The summed E-state index contributed by atoms with van der Waals surface area (Å²) in [6.07, 6.45) is 2.92. The molecular weight excluding hydrogens is 459 g/mol. The van der Waals surface area contributed by atoms with Crippen LogP contribution in [0.2, 0.25) is 0 Å². The molecule has 0 aliphatic carbocycles. The first-order valence-electron chi connectivity index (χ1n) is 12.5. The number of benzene rings is 2. The Labute approximate surface area is 211 Å². The van der Waals surface area contributed by atoms with Gasteiger partial charge in [0.1, 0.15) is 17.1 Å². The molecule has 0 radical (unpaired) electrons. The lowest BCUT2D eigenvalue weighted by Crippen LogP contribution is -2.42. The fourth-order valence-electron chi connectivity index (χ4n) is 5.04. The molecule has 2 amide bonds. The molecule has 1 unspecified atom stereocenters. The first kappa shape index (κ1) is 25.4. The molecule has 0 saturated carbocycles. The third-order valence-electron chi connectivity index (χ3n) is 7.05. The van der Waals surface area contributed by atoms with E-state index in [2.05, 4.69) is 10.5 Å². The molecule has 1 N–H and O–H groups in total. The van der Waals surface area contributed by atoms with E-state index in [1.54, 1.807) is 19.1 Å². The normalized spacial score (nSPS) is 14.9. The maximum absolute atomic E-state index is 15.1. The number of carbonyl (C=O) groups is 2. The molecule has 1 saturated heterocycles. The highest BCUT2D eigenvalue weighted by Crippen LogP contribution is 2.36. The highest BCUT2D eigenvalue weighted by molar-refractivity contribution is 6.04. The van der Waals surface area contributed by atoms with Gasteiger partial charge in [0.2, 0.25) is 5.91 Å². The van der Waals surface area contributed by atoms with E-state index in [1.165, 1.54) is 12.3 Å². The maximum atomic E-state index is 15.1. The summed E-state index contributed by atoms with van der Waals surface area (Å²) in [5, 5.41) is 6.30. The van der Waals surface area contributed by atoms with Crippen molar-refractivity contribution in [2.75, 3.05) is 36.4 Å². The van der Waals surface area contributed by atoms with Gasteiger partial charge in [-0.3, -0.25) is 9.59 Å². The lowest BCUT2D eigenvalue weighted by Gasteiger charge is -2.38. The zero-order valence-electron chi connectivity index (χ0n) is 21.0. The average Bonchev–Trinajstić information content (AvgIpc) is 3.32. The molecule has 190 valence electrons. The van der Waals surface area contributed by atoms with Gasteiger partial charge in [-0.1, -0.05) is 35.5 Å². The second-order valence-corrected chi connectivity index (χ2v) is 9.14. The van der Waals surface area contributed by atoms with Crippen molar-refractivity contribution >= 4 is 23.2 Å². The van der Waals surface area contributed by atoms with Crippen LogP contribution in [0.3, 0.4) is 0 Å². The number of nitrogens with one attached hydrogen (secondary N) is 1. The Kier molecular flexibility index (Phi) is 8.03. The predicted octanol–water partition coefficient (Wildman–Crippen LogP) is 5.24. The maximum Gasteiger partial charge on any atom is 0.260 e. The summed E-state index contributed by atoms with van der Waals surface area (Å²) in [5.41, 5.74) is 2.22. The van der Waals surface area contributed by atoms with Gasteiger partial charge in [0.25, 0.3) is 5.91 Å². The highest BCUT2D eigenvalue weighted by atomic mass is 19.1. The van der Waals surface area contributed by atoms with Gasteiger partial charge in [0, 0.05) is 31.9 Å². The van der Waals surface area contributed by atoms with Gasteiger partial charge in [-0.25, -0.2) is 4.39 Å². The molecule has 1 fully saturated rings. The Balaban J connectivity index is 1.45. The van der Waals surface area contributed by atoms with Crippen LogP contribution in [-0.2, 0) is 4.79 Å². The standard InChI is InChI=1S/C28H33FN4O3/c1-4-32(5-2)28(35)26(20-9-7-6-8-10-20)21-13-15-33(16-14-21)25-12-11-22(17-24(25)29)31-27(34)23-18-30-36-19(23)3/h6-12,17-18,21,26H,4-5,13-16H2,1-3H3,(H,31,34). The molecule has 4 rings (SSSR count). The number of likely N-dealkylation sites (N-methyl/N-ethyl adjacent to an activating group) is 1. The van der Waals surface area contributed by atoms with Crippen molar-refractivity contribution in [3.63, 3.8) is 0 Å². The van der Waals surface area contributed by atoms with Crippen molar-refractivity contribution in [3.8, 4) is 0 Å². The van der Waals surface area contributed by atoms with Gasteiger partial charge in [-0.05, 0) is 63.3 Å². The number of aromatic nitrogens is 1. The monoisotopic (exact) mass is 492 g/mol. The van der Waals surface area contributed by atoms with Crippen molar-refractivity contribution in [2.24, 2.45) is 5.92 Å². The number of amides is 2. The lowest BCUT2D eigenvalue weighted by atomic mass is 9.79. The number of halogens is 1. The molecule has 0 spiro atoms. The summed E-state index contributed by atoms with van der Waals surface area (Å²) in [6.45, 7) is 8.34. The van der Waals surface area contributed by atoms with Crippen molar-refractivity contribution in [2.45, 2.75) is 39.5 Å². The van der Waals surface area contributed by atoms with E-state index in [1.807, 2.05) is 54.0 Å². The van der Waals surface area contributed by atoms with Crippen LogP contribution in [0.5, 0.6) is 0 Å².